The summed E-state index contributed by atoms with van der Waals surface area (Å²) in [5.41, 5.74) is 5.18. The third-order valence-electron chi connectivity index (χ3n) is 6.02. The molecule has 0 radical (unpaired) electrons. The molecule has 5 rings (SSSR count). The fourth-order valence-electron chi connectivity index (χ4n) is 4.32. The minimum absolute atomic E-state index is 0.123. The number of aliphatic hydroxyl groups is 1. The lowest BCUT2D eigenvalue weighted by molar-refractivity contribution is 0.209. The van der Waals surface area contributed by atoms with Gasteiger partial charge < -0.3 is 19.7 Å². The lowest BCUT2D eigenvalue weighted by Gasteiger charge is -2.19. The Balaban J connectivity index is 1.38. The highest BCUT2D eigenvalue weighted by atomic mass is 16.5. The molecule has 32 heavy (non-hydrogen) atoms. The fourth-order valence-corrected chi connectivity index (χ4v) is 4.32. The van der Waals surface area contributed by atoms with E-state index >= 15 is 0 Å². The topological polar surface area (TPSA) is 70.5 Å². The van der Waals surface area contributed by atoms with Crippen LogP contribution in [0.5, 0.6) is 5.75 Å². The first-order chi connectivity index (χ1) is 15.6. The highest BCUT2D eigenvalue weighted by Crippen LogP contribution is 2.28. The van der Waals surface area contributed by atoms with E-state index in [-0.39, 0.29) is 11.4 Å². The number of nitrogens with zero attached hydrogens (tertiary/aromatic N) is 2. The van der Waals surface area contributed by atoms with Gasteiger partial charge in [0.05, 0.1) is 5.69 Å². The number of pyridine rings is 1. The van der Waals surface area contributed by atoms with Crippen molar-refractivity contribution in [2.45, 2.75) is 19.4 Å². The number of nitrogens with one attached hydrogen (secondary N) is 1. The minimum atomic E-state index is -0.139. The van der Waals surface area contributed by atoms with Crippen LogP contribution in [0.25, 0.3) is 16.6 Å². The number of hydrogen-bond acceptors (Lipinski definition) is 4. The largest absolute Gasteiger partial charge is 0.495 e. The average molecular weight is 428 g/mol. The number of aromatic nitrogens is 2. The Kier molecular flexibility index (Phi) is 5.19. The Bertz CT molecular complexity index is 1340. The molecule has 0 fully saturated rings. The van der Waals surface area contributed by atoms with Crippen molar-refractivity contribution in [3.05, 3.63) is 106 Å². The highest BCUT2D eigenvalue weighted by molar-refractivity contribution is 5.86. The first kappa shape index (κ1) is 20.0. The summed E-state index contributed by atoms with van der Waals surface area (Å²) in [5, 5.41) is 10.9. The predicted molar refractivity (Wildman–Crippen MR) is 125 cm³/mol. The van der Waals surface area contributed by atoms with E-state index in [0.29, 0.717) is 12.4 Å². The van der Waals surface area contributed by atoms with Crippen molar-refractivity contribution in [3.63, 3.8) is 0 Å². The van der Waals surface area contributed by atoms with E-state index < -0.39 is 0 Å². The van der Waals surface area contributed by atoms with Gasteiger partial charge in [0, 0.05) is 48.4 Å². The van der Waals surface area contributed by atoms with Crippen LogP contribution < -0.4 is 10.3 Å². The fraction of sp³-hybridized carbons (Fsp3) is 0.192. The number of aromatic amines is 1. The van der Waals surface area contributed by atoms with E-state index in [0.717, 1.165) is 48.1 Å². The van der Waals surface area contributed by atoms with Gasteiger partial charge in [0.1, 0.15) is 12.4 Å². The summed E-state index contributed by atoms with van der Waals surface area (Å²) in [6.45, 7) is 5.53. The smallest absolute Gasteiger partial charge is 0.258 e. The second-order valence-electron chi connectivity index (χ2n) is 8.06. The van der Waals surface area contributed by atoms with Crippen LogP contribution in [0.2, 0.25) is 0 Å². The second kappa shape index (κ2) is 8.30. The molecule has 0 unspecified atom stereocenters. The van der Waals surface area contributed by atoms with Crippen LogP contribution in [0.4, 0.5) is 0 Å². The highest BCUT2D eigenvalue weighted by Gasteiger charge is 2.19. The molecule has 3 heterocycles. The Labute approximate surface area is 186 Å². The van der Waals surface area contributed by atoms with Gasteiger partial charge in [0.25, 0.3) is 5.56 Å². The number of ether oxygens (including phenoxy) is 1. The minimum Gasteiger partial charge on any atom is -0.495 e. The zero-order chi connectivity index (χ0) is 22.1. The molecule has 0 amide bonds. The summed E-state index contributed by atoms with van der Waals surface area (Å²) in [7, 11) is 0. The van der Waals surface area contributed by atoms with Gasteiger partial charge in [0.15, 0.2) is 5.88 Å². The van der Waals surface area contributed by atoms with Crippen LogP contribution in [-0.4, -0.2) is 32.6 Å². The Morgan fingerprint density at radius 1 is 1.06 bits per heavy atom. The lowest BCUT2D eigenvalue weighted by Crippen LogP contribution is -2.25. The van der Waals surface area contributed by atoms with Crippen LogP contribution >= 0.6 is 0 Å². The van der Waals surface area contributed by atoms with Crippen molar-refractivity contribution in [3.8, 4) is 11.4 Å². The molecule has 162 valence electrons. The molecular formula is C26H25N3O3. The van der Waals surface area contributed by atoms with Gasteiger partial charge in [-0.15, -0.1) is 0 Å². The predicted octanol–water partition coefficient (Wildman–Crippen LogP) is 4.33. The molecule has 0 aliphatic carbocycles. The van der Waals surface area contributed by atoms with Crippen LogP contribution in [0, 0.1) is 0 Å². The molecule has 0 saturated carbocycles. The summed E-state index contributed by atoms with van der Waals surface area (Å²) >= 11 is 0. The summed E-state index contributed by atoms with van der Waals surface area (Å²) in [6.07, 6.45) is 3.40. The molecule has 2 aromatic carbocycles. The Morgan fingerprint density at radius 2 is 1.88 bits per heavy atom. The van der Waals surface area contributed by atoms with Crippen LogP contribution in [-0.2, 0) is 19.4 Å². The van der Waals surface area contributed by atoms with Crippen molar-refractivity contribution in [1.29, 1.82) is 0 Å². The van der Waals surface area contributed by atoms with Crippen LogP contribution in [0.3, 0.4) is 0 Å². The van der Waals surface area contributed by atoms with Crippen molar-refractivity contribution in [2.24, 2.45) is 0 Å². The zero-order valence-corrected chi connectivity index (χ0v) is 17.8. The van der Waals surface area contributed by atoms with Gasteiger partial charge in [-0.25, -0.2) is 0 Å². The quantitative estimate of drug-likeness (QED) is 0.465. The summed E-state index contributed by atoms with van der Waals surface area (Å²) in [4.78, 5) is 18.2. The van der Waals surface area contributed by atoms with Crippen LogP contribution in [0.15, 0.2) is 84.1 Å². The van der Waals surface area contributed by atoms with E-state index in [1.807, 2.05) is 53.4 Å². The van der Waals surface area contributed by atoms with Gasteiger partial charge in [-0.3, -0.25) is 9.36 Å². The maximum absolute atomic E-state index is 12.8. The Morgan fingerprint density at radius 3 is 2.66 bits per heavy atom. The van der Waals surface area contributed by atoms with Crippen molar-refractivity contribution >= 4 is 10.9 Å². The first-order valence-corrected chi connectivity index (χ1v) is 10.7. The van der Waals surface area contributed by atoms with Crippen molar-refractivity contribution in [2.75, 3.05) is 13.1 Å². The average Bonchev–Trinajstić information content (AvgIpc) is 3.00. The van der Waals surface area contributed by atoms with Gasteiger partial charge in [-0.1, -0.05) is 36.4 Å². The molecule has 6 heteroatoms. The van der Waals surface area contributed by atoms with E-state index in [2.05, 4.69) is 17.6 Å². The van der Waals surface area contributed by atoms with Crippen LogP contribution in [0.1, 0.15) is 16.8 Å². The normalized spacial score (nSPS) is 13.6. The number of fused-ring (bicyclic) bond motifs is 3. The van der Waals surface area contributed by atoms with Crippen molar-refractivity contribution in [1.82, 2.24) is 14.5 Å². The number of hydrogen-bond donors (Lipinski definition) is 2. The SMILES string of the molecule is C=C(O)N1CCc2[nH]c3cc(-n4ccc(OCc5ccccc5)cc4=O)ccc3c2CC1. The van der Waals surface area contributed by atoms with E-state index in [4.69, 9.17) is 4.74 Å². The molecule has 0 spiro atoms. The number of aliphatic hydroxyl groups excluding tert-OH is 1. The van der Waals surface area contributed by atoms with Crippen molar-refractivity contribution < 1.29 is 9.84 Å². The maximum atomic E-state index is 12.8. The molecule has 1 aliphatic heterocycles. The molecule has 0 atom stereocenters. The summed E-state index contributed by atoms with van der Waals surface area (Å²) < 4.78 is 7.40. The van der Waals surface area contributed by atoms with Gasteiger partial charge in [-0.05, 0) is 42.3 Å². The van der Waals surface area contributed by atoms with E-state index in [9.17, 15) is 9.90 Å². The molecule has 0 saturated heterocycles. The third-order valence-corrected chi connectivity index (χ3v) is 6.02. The van der Waals surface area contributed by atoms with E-state index in [1.165, 1.54) is 17.3 Å². The first-order valence-electron chi connectivity index (χ1n) is 10.7. The molecule has 2 N–H and O–H groups in total. The third kappa shape index (κ3) is 3.87. The molecule has 1 aliphatic rings. The van der Waals surface area contributed by atoms with Gasteiger partial charge >= 0.3 is 0 Å². The summed E-state index contributed by atoms with van der Waals surface area (Å²) in [6, 6.07) is 19.3. The van der Waals surface area contributed by atoms with Gasteiger partial charge in [0.2, 0.25) is 0 Å². The molecule has 0 bridgehead atoms. The van der Waals surface area contributed by atoms with Gasteiger partial charge in [-0.2, -0.15) is 0 Å². The number of rotatable bonds is 5. The monoisotopic (exact) mass is 427 g/mol. The maximum Gasteiger partial charge on any atom is 0.258 e. The molecule has 4 aromatic rings. The van der Waals surface area contributed by atoms with E-state index in [1.54, 1.807) is 10.8 Å². The zero-order valence-electron chi connectivity index (χ0n) is 17.8. The Hall–Kier alpha value is -3.93. The molecule has 6 nitrogen and oxygen atoms in total. The number of benzene rings is 2. The molecular weight excluding hydrogens is 402 g/mol. The number of H-pyrrole nitrogens is 1. The lowest BCUT2D eigenvalue weighted by atomic mass is 10.1. The standard InChI is InChI=1S/C26H25N3O3/c1-18(30)28-12-10-23-22-8-7-20(15-25(22)27-24(23)11-13-28)29-14-9-21(16-26(29)31)32-17-19-5-3-2-4-6-19/h2-9,14-16,27,30H,1,10-13,17H2. The summed E-state index contributed by atoms with van der Waals surface area (Å²) in [5.74, 6) is 0.676. The second-order valence-corrected chi connectivity index (χ2v) is 8.06. The molecule has 2 aromatic heterocycles.